The van der Waals surface area contributed by atoms with Gasteiger partial charge in [-0.15, -0.1) is 0 Å². The van der Waals surface area contributed by atoms with E-state index in [2.05, 4.69) is 125 Å². The molecule has 0 heterocycles. The average molecular weight is 1390 g/mol. The Morgan fingerprint density at radius 2 is 0.552 bits per heavy atom. The van der Waals surface area contributed by atoms with Crippen LogP contribution in [0.25, 0.3) is 0 Å². The summed E-state index contributed by atoms with van der Waals surface area (Å²) in [7, 11) is -9.97. The van der Waals surface area contributed by atoms with Gasteiger partial charge in [-0.1, -0.05) is 278 Å². The predicted octanol–water partition coefficient (Wildman–Crippen LogP) is 21.0. The molecule has 0 amide bonds. The molecule has 0 radical (unpaired) electrons. The van der Waals surface area contributed by atoms with Crippen LogP contribution in [-0.2, 0) is 65.4 Å². The molecule has 0 aromatic rings. The molecule has 0 aromatic carbocycles. The van der Waals surface area contributed by atoms with Crippen molar-refractivity contribution in [1.29, 1.82) is 0 Å². The van der Waals surface area contributed by atoms with Gasteiger partial charge in [0.25, 0.3) is 0 Å². The molecular formula is C77H132O17P2. The van der Waals surface area contributed by atoms with Crippen LogP contribution in [0.5, 0.6) is 0 Å². The van der Waals surface area contributed by atoms with Gasteiger partial charge in [-0.25, -0.2) is 9.13 Å². The van der Waals surface area contributed by atoms with Gasteiger partial charge in [0.05, 0.1) is 26.4 Å². The van der Waals surface area contributed by atoms with Gasteiger partial charge in [-0.3, -0.25) is 37.3 Å². The first kappa shape index (κ1) is 91.7. The van der Waals surface area contributed by atoms with Gasteiger partial charge in [-0.2, -0.15) is 0 Å². The Hall–Kier alpha value is -4.28. The zero-order chi connectivity index (χ0) is 70.4. The van der Waals surface area contributed by atoms with Gasteiger partial charge in [0.2, 0.25) is 0 Å². The number of hydrogen-bond acceptors (Lipinski definition) is 15. The van der Waals surface area contributed by atoms with Crippen LogP contribution in [0.15, 0.2) is 109 Å². The maximum Gasteiger partial charge on any atom is 0.472 e. The first-order valence-corrected chi connectivity index (χ1v) is 40.1. The Balaban J connectivity index is 5.41. The number of allylic oxidation sites excluding steroid dienone is 18. The first-order valence-electron chi connectivity index (χ1n) is 37.1. The van der Waals surface area contributed by atoms with Gasteiger partial charge in [0, 0.05) is 25.7 Å². The van der Waals surface area contributed by atoms with Crippen LogP contribution in [0.2, 0.25) is 0 Å². The quantitative estimate of drug-likeness (QED) is 0.0169. The van der Waals surface area contributed by atoms with Crippen LogP contribution >= 0.6 is 15.6 Å². The van der Waals surface area contributed by atoms with E-state index in [0.29, 0.717) is 38.5 Å². The van der Waals surface area contributed by atoms with Crippen molar-refractivity contribution in [2.45, 2.75) is 316 Å². The number of carbonyl (C=O) groups is 4. The molecule has 0 bridgehead atoms. The Morgan fingerprint density at radius 3 is 0.875 bits per heavy atom. The standard InChI is InChI=1S/C77H132O17P2/c1-5-9-13-17-21-25-29-32-34-35-37-39-43-46-50-54-58-62-75(80)88-68-73(94-77(82)64-60-56-52-48-44-40-36-33-30-26-22-18-14-10-6-2)70-92-96(85,86)90-66-71(78)65-89-95(83,84)91-69-72(93-76(81)63-59-55-51-47-41-28-24-20-16-12-8-4)67-87-74(79)61-57-53-49-45-42-38-31-27-23-19-15-11-7-3/h9-10,13-14,21-22,25-26,32-34,36-37,39,44,46,48,50,71-73,78H,5-8,11-12,15-20,23-24,27-31,35,38,40-43,45,47,49,51-70H2,1-4H3,(H,83,84)(H,85,86)/b13-9-,14-10-,25-21-,26-22-,34-32-,36-33-,39-37-,48-44-,50-46-. The summed E-state index contributed by atoms with van der Waals surface area (Å²) in [5.74, 6) is -2.28. The molecule has 0 aliphatic heterocycles. The lowest BCUT2D eigenvalue weighted by atomic mass is 10.0. The number of phosphoric ester groups is 2. The van der Waals surface area contributed by atoms with E-state index in [9.17, 15) is 43.2 Å². The van der Waals surface area contributed by atoms with E-state index < -0.39 is 97.5 Å². The summed E-state index contributed by atoms with van der Waals surface area (Å²) in [5, 5.41) is 10.6. The molecule has 0 spiro atoms. The number of carbonyl (C=O) groups excluding carboxylic acids is 4. The molecule has 0 saturated carbocycles. The average Bonchev–Trinajstić information content (AvgIpc) is 2.18. The SMILES string of the molecule is CC/C=C\C/C=C\C/C=C\C/C=C\C/C=C\CCCC(=O)OCC(COP(=O)(O)OCC(O)COP(=O)(O)OCC(COC(=O)CCCCCCCCCCCCCCC)OC(=O)CCCCCCCCCCCCC)OC(=O)CCCC/C=C\C/C=C\C/C=C\C/C=C\CC. The molecule has 96 heavy (non-hydrogen) atoms. The van der Waals surface area contributed by atoms with Crippen LogP contribution in [-0.4, -0.2) is 96.7 Å². The highest BCUT2D eigenvalue weighted by molar-refractivity contribution is 7.47. The molecule has 0 rings (SSSR count). The minimum absolute atomic E-state index is 0.0292. The van der Waals surface area contributed by atoms with E-state index in [1.165, 1.54) is 96.3 Å². The van der Waals surface area contributed by atoms with E-state index in [0.717, 1.165) is 109 Å². The molecule has 0 saturated heterocycles. The van der Waals surface area contributed by atoms with Crippen LogP contribution < -0.4 is 0 Å². The number of aliphatic hydroxyl groups is 1. The van der Waals surface area contributed by atoms with Crippen molar-refractivity contribution in [3.05, 3.63) is 109 Å². The molecule has 0 fully saturated rings. The maximum atomic E-state index is 13.1. The molecule has 3 N–H and O–H groups in total. The minimum atomic E-state index is -4.99. The predicted molar refractivity (Wildman–Crippen MR) is 390 cm³/mol. The van der Waals surface area contributed by atoms with Crippen LogP contribution in [0.1, 0.15) is 297 Å². The second kappa shape index (κ2) is 69.2. The minimum Gasteiger partial charge on any atom is -0.462 e. The lowest BCUT2D eigenvalue weighted by Crippen LogP contribution is -2.30. The summed E-state index contributed by atoms with van der Waals surface area (Å²) in [6.07, 6.45) is 72.5. The number of ether oxygens (including phenoxy) is 4. The highest BCUT2D eigenvalue weighted by atomic mass is 31.2. The van der Waals surface area contributed by atoms with E-state index in [-0.39, 0.29) is 25.7 Å². The largest absolute Gasteiger partial charge is 0.472 e. The molecule has 552 valence electrons. The first-order chi connectivity index (χ1) is 46.7. The van der Waals surface area contributed by atoms with Gasteiger partial charge in [-0.05, 0) is 103 Å². The summed E-state index contributed by atoms with van der Waals surface area (Å²) in [6.45, 7) is 4.53. The zero-order valence-corrected chi connectivity index (χ0v) is 61.8. The number of rotatable bonds is 69. The van der Waals surface area contributed by atoms with Crippen LogP contribution in [0, 0.1) is 0 Å². The topological polar surface area (TPSA) is 237 Å². The third-order valence-electron chi connectivity index (χ3n) is 15.3. The number of unbranched alkanes of at least 4 members (excludes halogenated alkanes) is 25. The summed E-state index contributed by atoms with van der Waals surface area (Å²) in [5.41, 5.74) is 0. The van der Waals surface area contributed by atoms with Crippen LogP contribution in [0.4, 0.5) is 0 Å². The van der Waals surface area contributed by atoms with Crippen molar-refractivity contribution >= 4 is 39.5 Å². The second-order valence-electron chi connectivity index (χ2n) is 24.5. The van der Waals surface area contributed by atoms with Crippen molar-refractivity contribution < 1.29 is 80.2 Å². The number of aliphatic hydroxyl groups excluding tert-OH is 1. The molecule has 0 aliphatic carbocycles. The molecule has 5 atom stereocenters. The fourth-order valence-electron chi connectivity index (χ4n) is 9.66. The second-order valence-corrected chi connectivity index (χ2v) is 27.4. The van der Waals surface area contributed by atoms with Crippen molar-refractivity contribution in [2.75, 3.05) is 39.6 Å². The van der Waals surface area contributed by atoms with Gasteiger partial charge >= 0.3 is 39.5 Å². The molecule has 17 nitrogen and oxygen atoms in total. The third-order valence-corrected chi connectivity index (χ3v) is 17.2. The Morgan fingerprint density at radius 1 is 0.302 bits per heavy atom. The number of hydrogen-bond donors (Lipinski definition) is 3. The summed E-state index contributed by atoms with van der Waals surface area (Å²) >= 11 is 0. The van der Waals surface area contributed by atoms with E-state index in [1.807, 2.05) is 12.2 Å². The van der Waals surface area contributed by atoms with E-state index >= 15 is 0 Å². The number of phosphoric acid groups is 2. The van der Waals surface area contributed by atoms with E-state index in [1.54, 1.807) is 0 Å². The molecular weight excluding hydrogens is 1260 g/mol. The summed E-state index contributed by atoms with van der Waals surface area (Å²) < 4.78 is 68.3. The van der Waals surface area contributed by atoms with Crippen molar-refractivity contribution in [3.8, 4) is 0 Å². The Labute approximate surface area is 581 Å². The maximum absolute atomic E-state index is 13.1. The zero-order valence-electron chi connectivity index (χ0n) is 60.0. The van der Waals surface area contributed by atoms with Crippen molar-refractivity contribution in [1.82, 2.24) is 0 Å². The normalized spacial score (nSPS) is 14.6. The van der Waals surface area contributed by atoms with Crippen LogP contribution in [0.3, 0.4) is 0 Å². The van der Waals surface area contributed by atoms with Gasteiger partial charge in [0.15, 0.2) is 12.2 Å². The summed E-state index contributed by atoms with van der Waals surface area (Å²) in [4.78, 5) is 72.7. The lowest BCUT2D eigenvalue weighted by molar-refractivity contribution is -0.161. The Bertz CT molecular complexity index is 2250. The highest BCUT2D eigenvalue weighted by Crippen LogP contribution is 2.45. The van der Waals surface area contributed by atoms with E-state index in [4.69, 9.17) is 37.0 Å². The smallest absolute Gasteiger partial charge is 0.462 e. The fourth-order valence-corrected chi connectivity index (χ4v) is 11.2. The molecule has 0 aliphatic rings. The van der Waals surface area contributed by atoms with Gasteiger partial charge in [0.1, 0.15) is 19.3 Å². The van der Waals surface area contributed by atoms with Crippen molar-refractivity contribution in [2.24, 2.45) is 0 Å². The fraction of sp³-hybridized carbons (Fsp3) is 0.714. The lowest BCUT2D eigenvalue weighted by Gasteiger charge is -2.21. The highest BCUT2D eigenvalue weighted by Gasteiger charge is 2.30. The Kier molecular flexibility index (Phi) is 66.1. The van der Waals surface area contributed by atoms with Crippen molar-refractivity contribution in [3.63, 3.8) is 0 Å². The number of esters is 4. The van der Waals surface area contributed by atoms with Gasteiger partial charge < -0.3 is 33.8 Å². The molecule has 0 aromatic heterocycles. The summed E-state index contributed by atoms with van der Waals surface area (Å²) in [6, 6.07) is 0. The monoisotopic (exact) mass is 1390 g/mol. The molecule has 5 unspecified atom stereocenters. The molecule has 19 heteroatoms. The third kappa shape index (κ3) is 68.3.